The van der Waals surface area contributed by atoms with Gasteiger partial charge in [0.05, 0.1) is 9.65 Å². The lowest BCUT2D eigenvalue weighted by Gasteiger charge is -2.16. The van der Waals surface area contributed by atoms with Gasteiger partial charge in [0, 0.05) is 0 Å². The molecule has 0 aromatic rings. The molecule has 5 heteroatoms. The first-order valence-electron chi connectivity index (χ1n) is 3.62. The molecule has 1 atom stereocenters. The van der Waals surface area contributed by atoms with Gasteiger partial charge in [-0.3, -0.25) is 0 Å². The van der Waals surface area contributed by atoms with Crippen molar-refractivity contribution in [2.75, 3.05) is 17.1 Å². The van der Waals surface area contributed by atoms with Crippen molar-refractivity contribution in [3.63, 3.8) is 0 Å². The van der Waals surface area contributed by atoms with E-state index in [0.717, 1.165) is 6.16 Å². The zero-order valence-electron chi connectivity index (χ0n) is 6.88. The van der Waals surface area contributed by atoms with E-state index in [1.54, 1.807) is 11.4 Å². The predicted octanol–water partition coefficient (Wildman–Crippen LogP) is 4.39. The van der Waals surface area contributed by atoms with Gasteiger partial charge >= 0.3 is 0 Å². The maximum atomic E-state index is 5.65. The van der Waals surface area contributed by atoms with Gasteiger partial charge in [0.25, 0.3) is 0 Å². The summed E-state index contributed by atoms with van der Waals surface area (Å²) < 4.78 is -1.18. The Morgan fingerprint density at radius 1 is 1.36 bits per heavy atom. The standard InChI is InChI=1S/C6H14ClPS3/c1-3-5-10-8(9,4-2)11-6-7/h3-6H2,1-2H3. The summed E-state index contributed by atoms with van der Waals surface area (Å²) >= 11 is 14.9. The summed E-state index contributed by atoms with van der Waals surface area (Å²) in [5, 5.41) is 0.655. The molecule has 0 N–H and O–H groups in total. The molecule has 0 aliphatic carbocycles. The maximum absolute atomic E-state index is 5.65. The molecule has 0 saturated carbocycles. The molecule has 0 spiro atoms. The molecule has 0 nitrogen and oxygen atoms in total. The van der Waals surface area contributed by atoms with Crippen molar-refractivity contribution in [3.05, 3.63) is 0 Å². The van der Waals surface area contributed by atoms with Gasteiger partial charge < -0.3 is 0 Å². The Morgan fingerprint density at radius 3 is 2.36 bits per heavy atom. The van der Waals surface area contributed by atoms with Crippen molar-refractivity contribution in [2.24, 2.45) is 0 Å². The van der Waals surface area contributed by atoms with Crippen molar-refractivity contribution >= 4 is 50.6 Å². The summed E-state index contributed by atoms with van der Waals surface area (Å²) in [6, 6.07) is 0. The van der Waals surface area contributed by atoms with E-state index in [-0.39, 0.29) is 0 Å². The van der Waals surface area contributed by atoms with E-state index < -0.39 is 4.44 Å². The maximum Gasteiger partial charge on any atom is 0.0736 e. The molecule has 11 heavy (non-hydrogen) atoms. The van der Waals surface area contributed by atoms with Crippen molar-refractivity contribution in [1.29, 1.82) is 0 Å². The van der Waals surface area contributed by atoms with E-state index in [0.29, 0.717) is 5.21 Å². The van der Waals surface area contributed by atoms with E-state index in [1.165, 1.54) is 12.2 Å². The molecule has 1 unspecified atom stereocenters. The Labute approximate surface area is 87.7 Å². The lowest BCUT2D eigenvalue weighted by molar-refractivity contribution is 1.11. The Hall–Kier alpha value is 1.64. The SMILES string of the molecule is CCCSP(=S)(CC)SCCl. The molecule has 0 radical (unpaired) electrons. The summed E-state index contributed by atoms with van der Waals surface area (Å²) in [6.45, 7) is 4.36. The van der Waals surface area contributed by atoms with Crippen LogP contribution in [0.1, 0.15) is 20.3 Å². The molecular weight excluding hydrogens is 235 g/mol. The zero-order chi connectivity index (χ0) is 8.74. The number of alkyl halides is 1. The minimum Gasteiger partial charge on any atom is -0.114 e. The van der Waals surface area contributed by atoms with E-state index in [1.807, 2.05) is 11.4 Å². The zero-order valence-corrected chi connectivity index (χ0v) is 11.0. The number of halogens is 1. The van der Waals surface area contributed by atoms with Crippen LogP contribution in [0.2, 0.25) is 0 Å². The molecule has 0 aliphatic heterocycles. The normalized spacial score (nSPS) is 16.3. The smallest absolute Gasteiger partial charge is 0.0736 e. The second-order valence-electron chi connectivity index (χ2n) is 2.00. The highest BCUT2D eigenvalue weighted by molar-refractivity contribution is 9.00. The lowest BCUT2D eigenvalue weighted by atomic mass is 10.6. The molecule has 0 saturated heterocycles. The van der Waals surface area contributed by atoms with Crippen molar-refractivity contribution in [1.82, 2.24) is 0 Å². The van der Waals surface area contributed by atoms with Gasteiger partial charge in [-0.05, 0) is 18.3 Å². The van der Waals surface area contributed by atoms with Crippen LogP contribution in [0.15, 0.2) is 0 Å². The molecule has 0 rings (SSSR count). The Morgan fingerprint density at radius 2 is 2.00 bits per heavy atom. The van der Waals surface area contributed by atoms with Gasteiger partial charge in [-0.1, -0.05) is 37.0 Å². The summed E-state index contributed by atoms with van der Waals surface area (Å²) in [4.78, 5) is 0. The number of rotatable bonds is 6. The first kappa shape index (κ1) is 12.6. The summed E-state index contributed by atoms with van der Waals surface area (Å²) in [7, 11) is 0. The van der Waals surface area contributed by atoms with Crippen LogP contribution < -0.4 is 0 Å². The fraction of sp³-hybridized carbons (Fsp3) is 1.00. The van der Waals surface area contributed by atoms with E-state index in [4.69, 9.17) is 23.4 Å². The first-order valence-corrected chi connectivity index (χ1v) is 10.3. The Balaban J connectivity index is 3.79. The second-order valence-corrected chi connectivity index (χ2v) is 14.9. The largest absolute Gasteiger partial charge is 0.114 e. The molecule has 0 heterocycles. The van der Waals surface area contributed by atoms with Gasteiger partial charge in [-0.15, -0.1) is 23.0 Å². The lowest BCUT2D eigenvalue weighted by Crippen LogP contribution is -1.78. The number of hydrogen-bond donors (Lipinski definition) is 0. The molecule has 0 aromatic heterocycles. The summed E-state index contributed by atoms with van der Waals surface area (Å²) in [5.41, 5.74) is 0. The highest BCUT2D eigenvalue weighted by Gasteiger charge is 2.13. The topological polar surface area (TPSA) is 0 Å². The minimum absolute atomic E-state index is 0.655. The van der Waals surface area contributed by atoms with Gasteiger partial charge in [0.2, 0.25) is 0 Å². The Bertz CT molecular complexity index is 140. The van der Waals surface area contributed by atoms with Crippen LogP contribution >= 0.6 is 38.8 Å². The monoisotopic (exact) mass is 248 g/mol. The van der Waals surface area contributed by atoms with Crippen LogP contribution in [0.5, 0.6) is 0 Å². The van der Waals surface area contributed by atoms with Crippen LogP contribution in [0.3, 0.4) is 0 Å². The third kappa shape index (κ3) is 5.81. The fourth-order valence-electron chi connectivity index (χ4n) is 0.525. The highest BCUT2D eigenvalue weighted by Crippen LogP contribution is 2.69. The quantitative estimate of drug-likeness (QED) is 0.506. The highest BCUT2D eigenvalue weighted by atomic mass is 35.5. The van der Waals surface area contributed by atoms with E-state index in [9.17, 15) is 0 Å². The van der Waals surface area contributed by atoms with Crippen molar-refractivity contribution in [2.45, 2.75) is 20.3 Å². The van der Waals surface area contributed by atoms with Crippen LogP contribution in [-0.4, -0.2) is 17.1 Å². The third-order valence-corrected chi connectivity index (χ3v) is 13.6. The van der Waals surface area contributed by atoms with Crippen LogP contribution in [0.25, 0.3) is 0 Å². The van der Waals surface area contributed by atoms with E-state index in [2.05, 4.69) is 13.8 Å². The molecule has 0 amide bonds. The molecule has 68 valence electrons. The predicted molar refractivity (Wildman–Crippen MR) is 65.9 cm³/mol. The molecule has 0 aromatic carbocycles. The van der Waals surface area contributed by atoms with E-state index >= 15 is 0 Å². The second kappa shape index (κ2) is 7.08. The average molecular weight is 249 g/mol. The summed E-state index contributed by atoms with van der Waals surface area (Å²) in [5.74, 6) is 1.19. The fourth-order valence-corrected chi connectivity index (χ4v) is 10.2. The molecule has 0 bridgehead atoms. The van der Waals surface area contributed by atoms with Gasteiger partial charge in [-0.2, -0.15) is 0 Å². The van der Waals surface area contributed by atoms with Gasteiger partial charge in [0.15, 0.2) is 0 Å². The first-order chi connectivity index (χ1) is 5.18. The van der Waals surface area contributed by atoms with Crippen molar-refractivity contribution in [3.8, 4) is 0 Å². The molecule has 0 fully saturated rings. The van der Waals surface area contributed by atoms with Crippen LogP contribution in [-0.2, 0) is 11.8 Å². The average Bonchev–Trinajstić information content (AvgIpc) is 2.02. The third-order valence-electron chi connectivity index (χ3n) is 1.12. The van der Waals surface area contributed by atoms with Crippen LogP contribution in [0.4, 0.5) is 0 Å². The summed E-state index contributed by atoms with van der Waals surface area (Å²) in [6.07, 6.45) is 2.33. The van der Waals surface area contributed by atoms with Crippen molar-refractivity contribution < 1.29 is 0 Å². The van der Waals surface area contributed by atoms with Gasteiger partial charge in [-0.25, -0.2) is 0 Å². The molecule has 0 aliphatic rings. The minimum atomic E-state index is -1.18. The Kier molecular flexibility index (Phi) is 8.14. The molecular formula is C6H14ClPS3. The van der Waals surface area contributed by atoms with Gasteiger partial charge in [0.1, 0.15) is 0 Å². The number of hydrogen-bond acceptors (Lipinski definition) is 3. The van der Waals surface area contributed by atoms with Crippen LogP contribution in [0, 0.1) is 0 Å².